The van der Waals surface area contributed by atoms with E-state index >= 15 is 0 Å². The summed E-state index contributed by atoms with van der Waals surface area (Å²) < 4.78 is 25.1. The Morgan fingerprint density at radius 1 is 1.04 bits per heavy atom. The molecular formula is C19H22Cl2N2O2S. The van der Waals surface area contributed by atoms with Gasteiger partial charge in [-0.25, -0.2) is 8.42 Å². The van der Waals surface area contributed by atoms with Crippen LogP contribution in [0.4, 0.5) is 5.69 Å². The SMILES string of the molecule is CNC1CCC(c2ccc(Cl)c(Cl)c2)c2ccc(N(C)S(C)(=O)=O)cc21. The molecule has 0 radical (unpaired) electrons. The molecule has 2 unspecified atom stereocenters. The van der Waals surface area contributed by atoms with Crippen LogP contribution < -0.4 is 9.62 Å². The third-order valence-electron chi connectivity index (χ3n) is 5.12. The molecule has 2 aromatic carbocycles. The Balaban J connectivity index is 2.08. The maximum atomic E-state index is 11.9. The molecule has 2 aromatic rings. The van der Waals surface area contributed by atoms with Gasteiger partial charge in [-0.2, -0.15) is 0 Å². The highest BCUT2D eigenvalue weighted by Crippen LogP contribution is 2.43. The molecule has 1 N–H and O–H groups in total. The Labute approximate surface area is 165 Å². The number of rotatable bonds is 4. The van der Waals surface area contributed by atoms with E-state index in [4.69, 9.17) is 23.2 Å². The molecule has 2 atom stereocenters. The Morgan fingerprint density at radius 3 is 2.38 bits per heavy atom. The number of nitrogens with one attached hydrogen (secondary N) is 1. The molecule has 7 heteroatoms. The Morgan fingerprint density at radius 2 is 1.77 bits per heavy atom. The van der Waals surface area contributed by atoms with E-state index in [-0.39, 0.29) is 12.0 Å². The number of halogens is 2. The summed E-state index contributed by atoms with van der Waals surface area (Å²) in [4.78, 5) is 0. The number of benzene rings is 2. The van der Waals surface area contributed by atoms with Crippen LogP contribution in [0.5, 0.6) is 0 Å². The van der Waals surface area contributed by atoms with Crippen molar-refractivity contribution in [2.45, 2.75) is 24.8 Å². The Kier molecular flexibility index (Phi) is 5.54. The second-order valence-electron chi connectivity index (χ2n) is 6.69. The fourth-order valence-corrected chi connectivity index (χ4v) is 4.39. The molecule has 4 nitrogen and oxygen atoms in total. The first kappa shape index (κ1) is 19.5. The minimum atomic E-state index is -3.30. The third kappa shape index (κ3) is 3.72. The van der Waals surface area contributed by atoms with Crippen molar-refractivity contribution in [2.24, 2.45) is 0 Å². The van der Waals surface area contributed by atoms with Gasteiger partial charge in [-0.3, -0.25) is 4.31 Å². The number of hydrogen-bond acceptors (Lipinski definition) is 3. The van der Waals surface area contributed by atoms with Gasteiger partial charge in [0.05, 0.1) is 22.0 Å². The lowest BCUT2D eigenvalue weighted by Crippen LogP contribution is -2.27. The Bertz CT molecular complexity index is 931. The maximum absolute atomic E-state index is 11.9. The summed E-state index contributed by atoms with van der Waals surface area (Å²) in [5.41, 5.74) is 4.11. The molecule has 0 saturated heterocycles. The lowest BCUT2D eigenvalue weighted by atomic mass is 9.76. The van der Waals surface area contributed by atoms with E-state index < -0.39 is 10.0 Å². The van der Waals surface area contributed by atoms with Crippen LogP contribution in [0.25, 0.3) is 0 Å². The van der Waals surface area contributed by atoms with Crippen molar-refractivity contribution in [3.63, 3.8) is 0 Å². The monoisotopic (exact) mass is 412 g/mol. The zero-order chi connectivity index (χ0) is 19.1. The quantitative estimate of drug-likeness (QED) is 0.799. The lowest BCUT2D eigenvalue weighted by Gasteiger charge is -2.33. The highest BCUT2D eigenvalue weighted by molar-refractivity contribution is 7.92. The average Bonchev–Trinajstić information content (AvgIpc) is 2.61. The summed E-state index contributed by atoms with van der Waals surface area (Å²) in [6.45, 7) is 0. The van der Waals surface area contributed by atoms with E-state index in [1.54, 1.807) is 7.05 Å². The van der Waals surface area contributed by atoms with E-state index in [2.05, 4.69) is 5.32 Å². The highest BCUT2D eigenvalue weighted by Gasteiger charge is 2.29. The van der Waals surface area contributed by atoms with Gasteiger partial charge in [-0.05, 0) is 60.8 Å². The van der Waals surface area contributed by atoms with Gasteiger partial charge in [0.2, 0.25) is 10.0 Å². The molecule has 0 bridgehead atoms. The van der Waals surface area contributed by atoms with Crippen molar-refractivity contribution in [3.05, 3.63) is 63.1 Å². The molecule has 3 rings (SSSR count). The standard InChI is InChI=1S/C19H22Cl2N2O2S/c1-22-19-9-7-14(12-4-8-17(20)18(21)10-12)15-6-5-13(11-16(15)19)23(2)26(3,24)25/h4-6,8,10-11,14,19,22H,7,9H2,1-3H3. The van der Waals surface area contributed by atoms with E-state index in [1.165, 1.54) is 16.1 Å². The number of nitrogens with zero attached hydrogens (tertiary/aromatic N) is 1. The van der Waals surface area contributed by atoms with Crippen molar-refractivity contribution in [1.29, 1.82) is 0 Å². The van der Waals surface area contributed by atoms with E-state index in [1.807, 2.05) is 43.4 Å². The van der Waals surface area contributed by atoms with Gasteiger partial charge in [-0.15, -0.1) is 0 Å². The topological polar surface area (TPSA) is 49.4 Å². The van der Waals surface area contributed by atoms with Gasteiger partial charge in [0.1, 0.15) is 0 Å². The van der Waals surface area contributed by atoms with Gasteiger partial charge in [0.25, 0.3) is 0 Å². The molecule has 0 fully saturated rings. The van der Waals surface area contributed by atoms with Gasteiger partial charge < -0.3 is 5.32 Å². The predicted molar refractivity (Wildman–Crippen MR) is 109 cm³/mol. The van der Waals surface area contributed by atoms with Crippen molar-refractivity contribution in [2.75, 3.05) is 24.7 Å². The van der Waals surface area contributed by atoms with Crippen LogP contribution in [-0.2, 0) is 10.0 Å². The normalized spacial score (nSPS) is 19.9. The lowest BCUT2D eigenvalue weighted by molar-refractivity contribution is 0.471. The molecular weight excluding hydrogens is 391 g/mol. The third-order valence-corrected chi connectivity index (χ3v) is 7.07. The average molecular weight is 413 g/mol. The first-order chi connectivity index (χ1) is 12.2. The second kappa shape index (κ2) is 7.39. The minimum Gasteiger partial charge on any atom is -0.313 e. The van der Waals surface area contributed by atoms with Crippen molar-refractivity contribution >= 4 is 38.9 Å². The zero-order valence-electron chi connectivity index (χ0n) is 15.0. The fourth-order valence-electron chi connectivity index (χ4n) is 3.59. The maximum Gasteiger partial charge on any atom is 0.231 e. The molecule has 0 amide bonds. The van der Waals surface area contributed by atoms with Crippen LogP contribution in [0.15, 0.2) is 36.4 Å². The predicted octanol–water partition coefficient (Wildman–Crippen LogP) is 4.58. The highest BCUT2D eigenvalue weighted by atomic mass is 35.5. The number of sulfonamides is 1. The number of anilines is 1. The van der Waals surface area contributed by atoms with Crippen molar-refractivity contribution in [1.82, 2.24) is 5.32 Å². The van der Waals surface area contributed by atoms with Crippen LogP contribution in [0.2, 0.25) is 10.0 Å². The van der Waals surface area contributed by atoms with Crippen molar-refractivity contribution < 1.29 is 8.42 Å². The van der Waals surface area contributed by atoms with Crippen LogP contribution in [0.1, 0.15) is 41.5 Å². The minimum absolute atomic E-state index is 0.192. The summed E-state index contributed by atoms with van der Waals surface area (Å²) in [7, 11) is 0.204. The molecule has 0 spiro atoms. The smallest absolute Gasteiger partial charge is 0.231 e. The molecule has 0 aliphatic heterocycles. The molecule has 1 aliphatic rings. The molecule has 0 aromatic heterocycles. The second-order valence-corrected chi connectivity index (χ2v) is 9.52. The first-order valence-electron chi connectivity index (χ1n) is 8.42. The molecule has 26 heavy (non-hydrogen) atoms. The van der Waals surface area contributed by atoms with Crippen LogP contribution in [-0.4, -0.2) is 28.8 Å². The molecule has 0 heterocycles. The summed E-state index contributed by atoms with van der Waals surface area (Å²) in [5, 5.41) is 4.44. The van der Waals surface area contributed by atoms with Gasteiger partial charge in [-0.1, -0.05) is 35.3 Å². The first-order valence-corrected chi connectivity index (χ1v) is 11.0. The summed E-state index contributed by atoms with van der Waals surface area (Å²) in [5.74, 6) is 0.210. The van der Waals surface area contributed by atoms with Crippen LogP contribution in [0, 0.1) is 0 Å². The number of fused-ring (bicyclic) bond motifs is 1. The van der Waals surface area contributed by atoms with E-state index in [0.29, 0.717) is 15.7 Å². The van der Waals surface area contributed by atoms with Gasteiger partial charge in [0, 0.05) is 19.0 Å². The number of hydrogen-bond donors (Lipinski definition) is 1. The summed E-state index contributed by atoms with van der Waals surface area (Å²) in [6.07, 6.45) is 3.15. The van der Waals surface area contributed by atoms with Gasteiger partial charge >= 0.3 is 0 Å². The van der Waals surface area contributed by atoms with Crippen LogP contribution >= 0.6 is 23.2 Å². The van der Waals surface area contributed by atoms with Crippen LogP contribution in [0.3, 0.4) is 0 Å². The zero-order valence-corrected chi connectivity index (χ0v) is 17.3. The van der Waals surface area contributed by atoms with Crippen molar-refractivity contribution in [3.8, 4) is 0 Å². The van der Waals surface area contributed by atoms with E-state index in [0.717, 1.165) is 24.0 Å². The summed E-state index contributed by atoms with van der Waals surface area (Å²) >= 11 is 12.3. The Hall–Kier alpha value is -1.27. The van der Waals surface area contributed by atoms with E-state index in [9.17, 15) is 8.42 Å². The molecule has 1 aliphatic carbocycles. The largest absolute Gasteiger partial charge is 0.313 e. The fraction of sp³-hybridized carbons (Fsp3) is 0.368. The van der Waals surface area contributed by atoms with Gasteiger partial charge in [0.15, 0.2) is 0 Å². The molecule has 140 valence electrons. The summed E-state index contributed by atoms with van der Waals surface area (Å²) in [6, 6.07) is 11.8. The molecule has 0 saturated carbocycles.